The van der Waals surface area contributed by atoms with Gasteiger partial charge in [0.1, 0.15) is 23.1 Å². The average molecular weight is 472 g/mol. The number of benzene rings is 1. The summed E-state index contributed by atoms with van der Waals surface area (Å²) in [6, 6.07) is 15.6. The van der Waals surface area contributed by atoms with Gasteiger partial charge in [0.25, 0.3) is 11.5 Å². The lowest BCUT2D eigenvalue weighted by Crippen LogP contribution is -2.30. The molecule has 9 nitrogen and oxygen atoms in total. The molecule has 0 unspecified atom stereocenters. The molecular formula is C26H25N5O4. The number of ether oxygens (including phenoxy) is 2. The number of rotatable bonds is 8. The van der Waals surface area contributed by atoms with Crippen LogP contribution in [0, 0.1) is 11.3 Å². The number of aryl methyl sites for hydroxylation is 1. The van der Waals surface area contributed by atoms with Gasteiger partial charge in [0.2, 0.25) is 0 Å². The Morgan fingerprint density at radius 3 is 2.71 bits per heavy atom. The van der Waals surface area contributed by atoms with Gasteiger partial charge in [-0.15, -0.1) is 0 Å². The average Bonchev–Trinajstić information content (AvgIpc) is 2.88. The van der Waals surface area contributed by atoms with E-state index in [1.54, 1.807) is 53.2 Å². The van der Waals surface area contributed by atoms with E-state index in [1.165, 1.54) is 10.5 Å². The highest BCUT2D eigenvalue weighted by molar-refractivity contribution is 5.97. The van der Waals surface area contributed by atoms with Crippen LogP contribution in [0.1, 0.15) is 36.2 Å². The van der Waals surface area contributed by atoms with Crippen molar-refractivity contribution in [3.63, 3.8) is 0 Å². The van der Waals surface area contributed by atoms with Crippen molar-refractivity contribution >= 4 is 22.6 Å². The maximum Gasteiger partial charge on any atom is 0.282 e. The summed E-state index contributed by atoms with van der Waals surface area (Å²) in [5.41, 5.74) is 1.02. The Bertz CT molecular complexity index is 1560. The smallest absolute Gasteiger partial charge is 0.282 e. The first-order valence-electron chi connectivity index (χ1n) is 11.4. The molecule has 0 atom stereocenters. The third-order valence-corrected chi connectivity index (χ3v) is 5.41. The number of carbonyl (C=O) groups excluding carboxylic acids is 1. The van der Waals surface area contributed by atoms with Gasteiger partial charge >= 0.3 is 0 Å². The lowest BCUT2D eigenvalue weighted by molar-refractivity contribution is 0.0993. The molecule has 0 radical (unpaired) electrons. The number of para-hydroxylation sites is 1. The third kappa shape index (κ3) is 4.83. The number of amides is 1. The van der Waals surface area contributed by atoms with Gasteiger partial charge in [0, 0.05) is 26.0 Å². The molecule has 4 rings (SSSR count). The second kappa shape index (κ2) is 10.8. The van der Waals surface area contributed by atoms with Gasteiger partial charge in [0.15, 0.2) is 5.49 Å². The fraction of sp³-hybridized carbons (Fsp3) is 0.269. The number of carbonyl (C=O) groups is 1. The Hall–Kier alpha value is -4.29. The first-order valence-corrected chi connectivity index (χ1v) is 11.4. The number of hydrogen-bond acceptors (Lipinski definition) is 6. The van der Waals surface area contributed by atoms with Crippen LogP contribution in [-0.2, 0) is 11.3 Å². The van der Waals surface area contributed by atoms with Gasteiger partial charge in [0.05, 0.1) is 23.1 Å². The highest BCUT2D eigenvalue weighted by atomic mass is 16.5. The fourth-order valence-electron chi connectivity index (χ4n) is 3.84. The fourth-order valence-corrected chi connectivity index (χ4v) is 3.84. The molecule has 0 aliphatic heterocycles. The number of nitrogens with zero attached hydrogens (tertiary/aromatic N) is 5. The molecular weight excluding hydrogens is 446 g/mol. The molecule has 0 N–H and O–H groups in total. The zero-order valence-corrected chi connectivity index (χ0v) is 19.6. The SMILES string of the molecule is CCOCCCn1c(=NC(=O)c2ccccc2OCC)c(C#N)cc2c(=O)n3ccccc3nc21. The minimum atomic E-state index is -0.555. The van der Waals surface area contributed by atoms with Crippen LogP contribution in [0.5, 0.6) is 5.75 Å². The lowest BCUT2D eigenvalue weighted by atomic mass is 10.2. The minimum Gasteiger partial charge on any atom is -0.493 e. The summed E-state index contributed by atoms with van der Waals surface area (Å²) in [5.74, 6) is -0.144. The summed E-state index contributed by atoms with van der Waals surface area (Å²) in [7, 11) is 0. The van der Waals surface area contributed by atoms with Crippen LogP contribution < -0.4 is 15.8 Å². The summed E-state index contributed by atoms with van der Waals surface area (Å²) < 4.78 is 14.1. The Labute approximate surface area is 201 Å². The quantitative estimate of drug-likeness (QED) is 0.288. The highest BCUT2D eigenvalue weighted by Gasteiger charge is 2.17. The topological polar surface area (TPSA) is 111 Å². The second-order valence-corrected chi connectivity index (χ2v) is 7.62. The molecule has 3 aromatic heterocycles. The van der Waals surface area contributed by atoms with E-state index in [0.29, 0.717) is 49.8 Å². The van der Waals surface area contributed by atoms with Crippen molar-refractivity contribution in [2.75, 3.05) is 19.8 Å². The summed E-state index contributed by atoms with van der Waals surface area (Å²) in [5, 5.41) is 10.2. The first-order chi connectivity index (χ1) is 17.1. The molecule has 0 spiro atoms. The van der Waals surface area contributed by atoms with Gasteiger partial charge in [-0.05, 0) is 50.6 Å². The Morgan fingerprint density at radius 1 is 1.14 bits per heavy atom. The van der Waals surface area contributed by atoms with Gasteiger partial charge in [-0.25, -0.2) is 4.98 Å². The van der Waals surface area contributed by atoms with Gasteiger partial charge < -0.3 is 14.0 Å². The molecule has 0 saturated heterocycles. The van der Waals surface area contributed by atoms with E-state index in [9.17, 15) is 14.9 Å². The van der Waals surface area contributed by atoms with Crippen molar-refractivity contribution in [3.05, 3.63) is 81.7 Å². The van der Waals surface area contributed by atoms with Gasteiger partial charge in [-0.3, -0.25) is 14.0 Å². The molecule has 0 bridgehead atoms. The van der Waals surface area contributed by atoms with Crippen LogP contribution in [0.2, 0.25) is 0 Å². The summed E-state index contributed by atoms with van der Waals surface area (Å²) in [6.45, 7) is 5.51. The van der Waals surface area contributed by atoms with E-state index < -0.39 is 5.91 Å². The Balaban J connectivity index is 2.00. The van der Waals surface area contributed by atoms with Crippen molar-refractivity contribution in [3.8, 4) is 11.8 Å². The molecule has 0 saturated carbocycles. The summed E-state index contributed by atoms with van der Waals surface area (Å²) in [6.07, 6.45) is 2.20. The molecule has 4 aromatic rings. The molecule has 9 heteroatoms. The van der Waals surface area contributed by atoms with Crippen molar-refractivity contribution in [2.45, 2.75) is 26.8 Å². The predicted molar refractivity (Wildman–Crippen MR) is 130 cm³/mol. The molecule has 1 amide bonds. The zero-order chi connectivity index (χ0) is 24.8. The number of aromatic nitrogens is 3. The van der Waals surface area contributed by atoms with E-state index in [1.807, 2.05) is 13.8 Å². The van der Waals surface area contributed by atoms with Crippen LogP contribution in [0.3, 0.4) is 0 Å². The maximum atomic E-state index is 13.2. The van der Waals surface area contributed by atoms with Crippen LogP contribution in [0.25, 0.3) is 16.7 Å². The van der Waals surface area contributed by atoms with Crippen molar-refractivity contribution in [1.29, 1.82) is 5.26 Å². The minimum absolute atomic E-state index is 0.103. The normalized spacial score (nSPS) is 11.6. The van der Waals surface area contributed by atoms with E-state index in [4.69, 9.17) is 9.47 Å². The van der Waals surface area contributed by atoms with E-state index >= 15 is 0 Å². The molecule has 178 valence electrons. The first kappa shape index (κ1) is 23.9. The predicted octanol–water partition coefficient (Wildman–Crippen LogP) is 3.09. The Kier molecular flexibility index (Phi) is 7.33. The highest BCUT2D eigenvalue weighted by Crippen LogP contribution is 2.19. The number of nitriles is 1. The number of fused-ring (bicyclic) bond motifs is 2. The lowest BCUT2D eigenvalue weighted by Gasteiger charge is -2.14. The largest absolute Gasteiger partial charge is 0.493 e. The maximum absolute atomic E-state index is 13.2. The van der Waals surface area contributed by atoms with Crippen LogP contribution >= 0.6 is 0 Å². The van der Waals surface area contributed by atoms with E-state index in [2.05, 4.69) is 16.0 Å². The zero-order valence-electron chi connectivity index (χ0n) is 19.6. The standard InChI is InChI=1S/C26H25N5O4/c1-3-34-15-9-14-31-23(29-25(32)19-10-5-6-11-21(19)35-4-2)18(17-27)16-20-24(31)28-22-12-7-8-13-30(22)26(20)33/h5-8,10-13,16H,3-4,9,14-15H2,1-2H3. The van der Waals surface area contributed by atoms with Crippen molar-refractivity contribution in [1.82, 2.24) is 14.0 Å². The van der Waals surface area contributed by atoms with Crippen LogP contribution in [0.4, 0.5) is 0 Å². The summed E-state index contributed by atoms with van der Waals surface area (Å²) in [4.78, 5) is 35.5. The molecule has 0 aliphatic rings. The molecule has 3 heterocycles. The van der Waals surface area contributed by atoms with Crippen LogP contribution in [-0.4, -0.2) is 39.7 Å². The number of pyridine rings is 2. The van der Waals surface area contributed by atoms with Crippen molar-refractivity contribution in [2.24, 2.45) is 4.99 Å². The van der Waals surface area contributed by atoms with Crippen molar-refractivity contribution < 1.29 is 14.3 Å². The molecule has 0 aliphatic carbocycles. The van der Waals surface area contributed by atoms with E-state index in [-0.39, 0.29) is 27.6 Å². The van der Waals surface area contributed by atoms with E-state index in [0.717, 1.165) is 0 Å². The van der Waals surface area contributed by atoms with Gasteiger partial charge in [-0.1, -0.05) is 18.2 Å². The Morgan fingerprint density at radius 2 is 1.94 bits per heavy atom. The third-order valence-electron chi connectivity index (χ3n) is 5.41. The number of hydrogen-bond donors (Lipinski definition) is 0. The monoisotopic (exact) mass is 471 g/mol. The second-order valence-electron chi connectivity index (χ2n) is 7.62. The summed E-state index contributed by atoms with van der Waals surface area (Å²) >= 11 is 0. The molecule has 0 fully saturated rings. The molecule has 35 heavy (non-hydrogen) atoms. The van der Waals surface area contributed by atoms with Crippen LogP contribution in [0.15, 0.2) is 64.5 Å². The van der Waals surface area contributed by atoms with Gasteiger partial charge in [-0.2, -0.15) is 10.3 Å². The molecule has 1 aromatic carbocycles.